The minimum Gasteiger partial charge on any atom is -0.350 e. The van der Waals surface area contributed by atoms with Gasteiger partial charge in [-0.15, -0.1) is 24.8 Å². The average molecular weight is 317 g/mol. The summed E-state index contributed by atoms with van der Waals surface area (Å²) in [5.41, 5.74) is 7.41. The molecular weight excluding hydrogens is 299 g/mol. The molecule has 1 amide bonds. The maximum Gasteiger partial charge on any atom is 0.252 e. The van der Waals surface area contributed by atoms with Crippen LogP contribution in [-0.4, -0.2) is 27.9 Å². The van der Waals surface area contributed by atoms with E-state index in [0.717, 1.165) is 5.65 Å². The average Bonchev–Trinajstić information content (AvgIpc) is 3.13. The smallest absolute Gasteiger partial charge is 0.252 e. The molecule has 3 N–H and O–H groups in total. The van der Waals surface area contributed by atoms with Crippen molar-refractivity contribution in [3.05, 3.63) is 36.3 Å². The standard InChI is InChI=1S/C13H16N4O.2ClH/c14-11(9-1-2-9)7-16-13(18)10-3-4-12-15-5-6-17(12)8-10;;/h3-6,8-9,11H,1-2,7,14H2,(H,16,18);2*1H. The number of hydrogen-bond donors (Lipinski definition) is 2. The second-order valence-electron chi connectivity index (χ2n) is 4.82. The van der Waals surface area contributed by atoms with Crippen LogP contribution in [0.3, 0.4) is 0 Å². The molecule has 1 saturated carbocycles. The summed E-state index contributed by atoms with van der Waals surface area (Å²) < 4.78 is 1.83. The number of nitrogens with zero attached hydrogens (tertiary/aromatic N) is 2. The van der Waals surface area contributed by atoms with Crippen LogP contribution in [0, 0.1) is 5.92 Å². The maximum atomic E-state index is 12.0. The van der Waals surface area contributed by atoms with Crippen LogP contribution in [0.1, 0.15) is 23.2 Å². The largest absolute Gasteiger partial charge is 0.350 e. The zero-order valence-corrected chi connectivity index (χ0v) is 12.5. The number of halogens is 2. The van der Waals surface area contributed by atoms with Gasteiger partial charge in [-0.2, -0.15) is 0 Å². The van der Waals surface area contributed by atoms with Gasteiger partial charge in [0.15, 0.2) is 0 Å². The van der Waals surface area contributed by atoms with Gasteiger partial charge in [0.2, 0.25) is 0 Å². The van der Waals surface area contributed by atoms with E-state index < -0.39 is 0 Å². The van der Waals surface area contributed by atoms with Crippen LogP contribution in [0.25, 0.3) is 5.65 Å². The quantitative estimate of drug-likeness (QED) is 0.900. The molecule has 2 heterocycles. The number of imidazole rings is 1. The maximum absolute atomic E-state index is 12.0. The van der Waals surface area contributed by atoms with Crippen LogP contribution in [0.4, 0.5) is 0 Å². The van der Waals surface area contributed by atoms with Crippen molar-refractivity contribution in [3.63, 3.8) is 0 Å². The van der Waals surface area contributed by atoms with Crippen molar-refractivity contribution >= 4 is 36.4 Å². The van der Waals surface area contributed by atoms with Gasteiger partial charge in [-0.3, -0.25) is 4.79 Å². The summed E-state index contributed by atoms with van der Waals surface area (Å²) in [5, 5.41) is 2.88. The fraction of sp³-hybridized carbons (Fsp3) is 0.385. The third kappa shape index (κ3) is 3.62. The normalized spacial score (nSPS) is 15.1. The Morgan fingerprint density at radius 1 is 1.45 bits per heavy atom. The first-order valence-electron chi connectivity index (χ1n) is 6.20. The summed E-state index contributed by atoms with van der Waals surface area (Å²) in [6.45, 7) is 0.547. The van der Waals surface area contributed by atoms with Gasteiger partial charge in [-0.05, 0) is 30.9 Å². The van der Waals surface area contributed by atoms with Gasteiger partial charge < -0.3 is 15.5 Å². The fourth-order valence-corrected chi connectivity index (χ4v) is 2.06. The molecule has 0 spiro atoms. The summed E-state index contributed by atoms with van der Waals surface area (Å²) in [5.74, 6) is 0.517. The van der Waals surface area contributed by atoms with Crippen LogP contribution >= 0.6 is 24.8 Å². The van der Waals surface area contributed by atoms with E-state index in [1.165, 1.54) is 12.8 Å². The van der Waals surface area contributed by atoms with Crippen LogP contribution < -0.4 is 11.1 Å². The van der Waals surface area contributed by atoms with Crippen molar-refractivity contribution < 1.29 is 4.79 Å². The molecule has 2 aromatic rings. The van der Waals surface area contributed by atoms with E-state index in [1.54, 1.807) is 18.5 Å². The van der Waals surface area contributed by atoms with Crippen LogP contribution in [0.5, 0.6) is 0 Å². The van der Waals surface area contributed by atoms with Gasteiger partial charge in [-0.1, -0.05) is 0 Å². The first kappa shape index (κ1) is 16.8. The second-order valence-corrected chi connectivity index (χ2v) is 4.82. The molecule has 0 aliphatic heterocycles. The zero-order valence-electron chi connectivity index (χ0n) is 10.9. The highest BCUT2D eigenvalue weighted by molar-refractivity contribution is 5.94. The first-order chi connectivity index (χ1) is 8.74. The molecule has 0 bridgehead atoms. The predicted octanol–water partition coefficient (Wildman–Crippen LogP) is 1.65. The van der Waals surface area contributed by atoms with Gasteiger partial charge in [0.1, 0.15) is 5.65 Å². The Labute approximate surface area is 129 Å². The fourth-order valence-electron chi connectivity index (χ4n) is 2.06. The summed E-state index contributed by atoms with van der Waals surface area (Å²) in [6.07, 6.45) is 7.69. The Bertz CT molecular complexity index is 583. The summed E-state index contributed by atoms with van der Waals surface area (Å²) in [7, 11) is 0. The molecule has 1 atom stereocenters. The molecule has 1 unspecified atom stereocenters. The monoisotopic (exact) mass is 316 g/mol. The second kappa shape index (κ2) is 6.92. The number of rotatable bonds is 4. The Kier molecular flexibility index (Phi) is 5.80. The molecule has 110 valence electrons. The predicted molar refractivity (Wildman–Crippen MR) is 82.7 cm³/mol. The van der Waals surface area contributed by atoms with E-state index >= 15 is 0 Å². The topological polar surface area (TPSA) is 72.4 Å². The summed E-state index contributed by atoms with van der Waals surface area (Å²) in [6, 6.07) is 3.70. The van der Waals surface area contributed by atoms with E-state index in [1.807, 2.05) is 16.7 Å². The number of carbonyl (C=O) groups is 1. The van der Waals surface area contributed by atoms with Crippen molar-refractivity contribution in [1.29, 1.82) is 0 Å². The van der Waals surface area contributed by atoms with Gasteiger partial charge in [0.25, 0.3) is 5.91 Å². The van der Waals surface area contributed by atoms with Crippen LogP contribution in [-0.2, 0) is 0 Å². The lowest BCUT2D eigenvalue weighted by Crippen LogP contribution is -2.38. The molecule has 20 heavy (non-hydrogen) atoms. The lowest BCUT2D eigenvalue weighted by atomic mass is 10.2. The van der Waals surface area contributed by atoms with Crippen molar-refractivity contribution in [3.8, 4) is 0 Å². The molecule has 0 saturated heterocycles. The van der Waals surface area contributed by atoms with E-state index in [0.29, 0.717) is 18.0 Å². The number of aromatic nitrogens is 2. The van der Waals surface area contributed by atoms with Crippen LogP contribution in [0.2, 0.25) is 0 Å². The highest BCUT2D eigenvalue weighted by atomic mass is 35.5. The molecule has 7 heteroatoms. The molecule has 0 radical (unpaired) electrons. The Morgan fingerprint density at radius 2 is 2.20 bits per heavy atom. The van der Waals surface area contributed by atoms with E-state index in [4.69, 9.17) is 5.73 Å². The van der Waals surface area contributed by atoms with Crippen molar-refractivity contribution in [2.45, 2.75) is 18.9 Å². The first-order valence-corrected chi connectivity index (χ1v) is 6.20. The zero-order chi connectivity index (χ0) is 12.5. The molecule has 1 aliphatic rings. The highest BCUT2D eigenvalue weighted by Gasteiger charge is 2.28. The third-order valence-electron chi connectivity index (χ3n) is 3.38. The van der Waals surface area contributed by atoms with Crippen molar-refractivity contribution in [1.82, 2.24) is 14.7 Å². The number of nitrogens with two attached hydrogens (primary N) is 1. The Morgan fingerprint density at radius 3 is 2.90 bits per heavy atom. The molecule has 1 aliphatic carbocycles. The Hall–Kier alpha value is -1.30. The minimum absolute atomic E-state index is 0. The van der Waals surface area contributed by atoms with Crippen molar-refractivity contribution in [2.24, 2.45) is 11.7 Å². The Balaban J connectivity index is 0.000001000. The lowest BCUT2D eigenvalue weighted by molar-refractivity contribution is 0.0950. The number of pyridine rings is 1. The molecular formula is C13H18Cl2N4O. The van der Waals surface area contributed by atoms with E-state index in [2.05, 4.69) is 10.3 Å². The number of carbonyl (C=O) groups excluding carboxylic acids is 1. The number of amides is 1. The lowest BCUT2D eigenvalue weighted by Gasteiger charge is -2.11. The third-order valence-corrected chi connectivity index (χ3v) is 3.38. The number of hydrogen-bond acceptors (Lipinski definition) is 3. The van der Waals surface area contributed by atoms with Crippen molar-refractivity contribution in [2.75, 3.05) is 6.54 Å². The summed E-state index contributed by atoms with van der Waals surface area (Å²) >= 11 is 0. The van der Waals surface area contributed by atoms with E-state index in [-0.39, 0.29) is 36.8 Å². The molecule has 5 nitrogen and oxygen atoms in total. The number of nitrogens with one attached hydrogen (secondary N) is 1. The molecule has 2 aromatic heterocycles. The molecule has 0 aromatic carbocycles. The minimum atomic E-state index is -0.0818. The highest BCUT2D eigenvalue weighted by Crippen LogP contribution is 2.31. The van der Waals surface area contributed by atoms with E-state index in [9.17, 15) is 4.79 Å². The van der Waals surface area contributed by atoms with Crippen LogP contribution in [0.15, 0.2) is 30.7 Å². The SMILES string of the molecule is Cl.Cl.NC(CNC(=O)c1ccc2nccn2c1)C1CC1. The molecule has 3 rings (SSSR count). The van der Waals surface area contributed by atoms with Gasteiger partial charge in [-0.25, -0.2) is 4.98 Å². The molecule has 1 fully saturated rings. The van der Waals surface area contributed by atoms with Gasteiger partial charge in [0, 0.05) is 31.2 Å². The van der Waals surface area contributed by atoms with Gasteiger partial charge in [0.05, 0.1) is 5.56 Å². The number of fused-ring (bicyclic) bond motifs is 1. The van der Waals surface area contributed by atoms with Gasteiger partial charge >= 0.3 is 0 Å². The summed E-state index contributed by atoms with van der Waals surface area (Å²) in [4.78, 5) is 16.1.